The molecule has 1 aliphatic rings. The molecule has 0 aliphatic carbocycles. The molecule has 1 unspecified atom stereocenters. The number of carboxylic acid groups (broad SMARTS) is 1. The van der Waals surface area contributed by atoms with Gasteiger partial charge in [-0.2, -0.15) is 0 Å². The van der Waals surface area contributed by atoms with Crippen LogP contribution in [-0.4, -0.2) is 35.0 Å². The molecule has 0 radical (unpaired) electrons. The van der Waals surface area contributed by atoms with Gasteiger partial charge in [0, 0.05) is 18.7 Å². The maximum Gasteiger partial charge on any atom is 0.311 e. The van der Waals surface area contributed by atoms with Crippen LogP contribution in [0.3, 0.4) is 0 Å². The van der Waals surface area contributed by atoms with Gasteiger partial charge < -0.3 is 10.0 Å². The first-order valence-electron chi connectivity index (χ1n) is 6.44. The van der Waals surface area contributed by atoms with Crippen LogP contribution in [0.5, 0.6) is 0 Å². The summed E-state index contributed by atoms with van der Waals surface area (Å²) in [6.07, 6.45) is 0.513. The third kappa shape index (κ3) is 2.35. The molecule has 0 bridgehead atoms. The Bertz CT molecular complexity index is 518. The van der Waals surface area contributed by atoms with Crippen molar-refractivity contribution in [3.8, 4) is 0 Å². The maximum absolute atomic E-state index is 12.5. The molecule has 1 aliphatic heterocycles. The third-order valence-electron chi connectivity index (χ3n) is 3.97. The summed E-state index contributed by atoms with van der Waals surface area (Å²) >= 11 is 0. The second kappa shape index (κ2) is 4.68. The molecule has 0 aromatic heterocycles. The molecule has 1 heterocycles. The van der Waals surface area contributed by atoms with Crippen molar-refractivity contribution < 1.29 is 14.7 Å². The number of likely N-dealkylation sites (tertiary alicyclic amines) is 1. The molecule has 4 heteroatoms. The molecule has 1 fully saturated rings. The Labute approximate surface area is 113 Å². The van der Waals surface area contributed by atoms with Crippen LogP contribution in [0.15, 0.2) is 18.2 Å². The predicted octanol–water partition coefficient (Wildman–Crippen LogP) is 2.24. The van der Waals surface area contributed by atoms with Gasteiger partial charge in [-0.3, -0.25) is 9.59 Å². The molecule has 1 aromatic rings. The van der Waals surface area contributed by atoms with Crippen LogP contribution in [-0.2, 0) is 4.79 Å². The lowest BCUT2D eigenvalue weighted by Gasteiger charge is -2.21. The van der Waals surface area contributed by atoms with Gasteiger partial charge in [0.15, 0.2) is 0 Å². The van der Waals surface area contributed by atoms with E-state index >= 15 is 0 Å². The van der Waals surface area contributed by atoms with E-state index in [-0.39, 0.29) is 12.5 Å². The minimum Gasteiger partial charge on any atom is -0.481 e. The Kier molecular flexibility index (Phi) is 3.35. The molecule has 1 aromatic carbocycles. The normalized spacial score (nSPS) is 22.6. The number of rotatable bonds is 2. The van der Waals surface area contributed by atoms with Gasteiger partial charge in [-0.25, -0.2) is 0 Å². The van der Waals surface area contributed by atoms with Gasteiger partial charge >= 0.3 is 5.97 Å². The minimum atomic E-state index is -0.829. The van der Waals surface area contributed by atoms with Crippen molar-refractivity contribution in [1.82, 2.24) is 4.90 Å². The highest BCUT2D eigenvalue weighted by Crippen LogP contribution is 2.31. The van der Waals surface area contributed by atoms with E-state index in [0.29, 0.717) is 18.5 Å². The average Bonchev–Trinajstić information content (AvgIpc) is 2.73. The van der Waals surface area contributed by atoms with Crippen molar-refractivity contribution in [2.24, 2.45) is 5.41 Å². The minimum absolute atomic E-state index is 0.0550. The number of nitrogens with zero attached hydrogens (tertiary/aromatic N) is 1. The Balaban J connectivity index is 2.25. The standard InChI is InChI=1S/C15H19NO3/c1-10-5-4-6-11(2)12(10)13(17)16-8-7-15(3,9-16)14(18)19/h4-6H,7-9H2,1-3H3,(H,18,19). The fraction of sp³-hybridized carbons (Fsp3) is 0.467. The van der Waals surface area contributed by atoms with Crippen LogP contribution in [0, 0.1) is 19.3 Å². The van der Waals surface area contributed by atoms with Crippen LogP contribution < -0.4 is 0 Å². The molecule has 0 saturated carbocycles. The van der Waals surface area contributed by atoms with Gasteiger partial charge in [-0.05, 0) is 38.3 Å². The van der Waals surface area contributed by atoms with E-state index in [2.05, 4.69) is 0 Å². The largest absolute Gasteiger partial charge is 0.481 e. The van der Waals surface area contributed by atoms with Crippen molar-refractivity contribution in [2.75, 3.05) is 13.1 Å². The summed E-state index contributed by atoms with van der Waals surface area (Å²) in [6, 6.07) is 5.74. The van der Waals surface area contributed by atoms with Crippen LogP contribution in [0.2, 0.25) is 0 Å². The van der Waals surface area contributed by atoms with E-state index in [1.807, 2.05) is 32.0 Å². The highest BCUT2D eigenvalue weighted by atomic mass is 16.4. The predicted molar refractivity (Wildman–Crippen MR) is 72.2 cm³/mol. The number of benzene rings is 1. The zero-order valence-electron chi connectivity index (χ0n) is 11.6. The fourth-order valence-electron chi connectivity index (χ4n) is 2.62. The molecule has 4 nitrogen and oxygen atoms in total. The summed E-state index contributed by atoms with van der Waals surface area (Å²) in [4.78, 5) is 25.4. The van der Waals surface area contributed by atoms with Crippen LogP contribution >= 0.6 is 0 Å². The summed E-state index contributed by atoms with van der Waals surface area (Å²) in [5.74, 6) is -0.884. The monoisotopic (exact) mass is 261 g/mol. The molecular weight excluding hydrogens is 242 g/mol. The number of aliphatic carboxylic acids is 1. The summed E-state index contributed by atoms with van der Waals surface area (Å²) in [5, 5.41) is 9.21. The molecule has 2 rings (SSSR count). The Morgan fingerprint density at radius 1 is 1.26 bits per heavy atom. The molecule has 1 amide bonds. The number of aryl methyl sites for hydroxylation is 2. The highest BCUT2D eigenvalue weighted by Gasteiger charge is 2.42. The average molecular weight is 261 g/mol. The summed E-state index contributed by atoms with van der Waals surface area (Å²) < 4.78 is 0. The first kappa shape index (κ1) is 13.6. The lowest BCUT2D eigenvalue weighted by Crippen LogP contribution is -2.35. The fourth-order valence-corrected chi connectivity index (χ4v) is 2.62. The number of hydrogen-bond acceptors (Lipinski definition) is 2. The van der Waals surface area contributed by atoms with Crippen LogP contribution in [0.1, 0.15) is 34.8 Å². The van der Waals surface area contributed by atoms with Gasteiger partial charge in [0.2, 0.25) is 0 Å². The van der Waals surface area contributed by atoms with E-state index in [4.69, 9.17) is 0 Å². The first-order valence-corrected chi connectivity index (χ1v) is 6.44. The number of carboxylic acids is 1. The Morgan fingerprint density at radius 2 is 1.84 bits per heavy atom. The number of amides is 1. The zero-order valence-corrected chi connectivity index (χ0v) is 11.6. The summed E-state index contributed by atoms with van der Waals surface area (Å²) in [6.45, 7) is 6.32. The quantitative estimate of drug-likeness (QED) is 0.888. The molecule has 1 N–H and O–H groups in total. The number of carbonyl (C=O) groups excluding carboxylic acids is 1. The van der Waals surface area contributed by atoms with Crippen LogP contribution in [0.4, 0.5) is 0 Å². The molecular formula is C15H19NO3. The van der Waals surface area contributed by atoms with Gasteiger partial charge in [0.05, 0.1) is 5.41 Å². The van der Waals surface area contributed by atoms with Gasteiger partial charge in [-0.1, -0.05) is 18.2 Å². The smallest absolute Gasteiger partial charge is 0.311 e. The van der Waals surface area contributed by atoms with E-state index in [9.17, 15) is 14.7 Å². The number of hydrogen-bond donors (Lipinski definition) is 1. The molecule has 0 spiro atoms. The zero-order chi connectivity index (χ0) is 14.2. The van der Waals surface area contributed by atoms with E-state index in [0.717, 1.165) is 11.1 Å². The van der Waals surface area contributed by atoms with E-state index in [1.54, 1.807) is 11.8 Å². The first-order chi connectivity index (χ1) is 8.85. The topological polar surface area (TPSA) is 57.6 Å². The molecule has 19 heavy (non-hydrogen) atoms. The second-order valence-electron chi connectivity index (χ2n) is 5.61. The number of carbonyl (C=O) groups is 2. The second-order valence-corrected chi connectivity index (χ2v) is 5.61. The third-order valence-corrected chi connectivity index (χ3v) is 3.97. The van der Waals surface area contributed by atoms with Gasteiger partial charge in [0.25, 0.3) is 5.91 Å². The summed E-state index contributed by atoms with van der Waals surface area (Å²) in [5.41, 5.74) is 1.77. The van der Waals surface area contributed by atoms with Crippen molar-refractivity contribution in [1.29, 1.82) is 0 Å². The van der Waals surface area contributed by atoms with Crippen molar-refractivity contribution in [3.05, 3.63) is 34.9 Å². The SMILES string of the molecule is Cc1cccc(C)c1C(=O)N1CCC(C)(C(=O)O)C1. The van der Waals surface area contributed by atoms with Gasteiger partial charge in [-0.15, -0.1) is 0 Å². The van der Waals surface area contributed by atoms with Crippen molar-refractivity contribution in [3.63, 3.8) is 0 Å². The lowest BCUT2D eigenvalue weighted by molar-refractivity contribution is -0.147. The highest BCUT2D eigenvalue weighted by molar-refractivity contribution is 5.97. The molecule has 102 valence electrons. The lowest BCUT2D eigenvalue weighted by atomic mass is 9.90. The van der Waals surface area contributed by atoms with E-state index < -0.39 is 11.4 Å². The molecule has 1 atom stereocenters. The van der Waals surface area contributed by atoms with E-state index in [1.165, 1.54) is 0 Å². The van der Waals surface area contributed by atoms with Crippen molar-refractivity contribution >= 4 is 11.9 Å². The summed E-state index contributed by atoms with van der Waals surface area (Å²) in [7, 11) is 0. The van der Waals surface area contributed by atoms with Crippen molar-refractivity contribution in [2.45, 2.75) is 27.2 Å². The molecule has 1 saturated heterocycles. The maximum atomic E-state index is 12.5. The Hall–Kier alpha value is -1.84. The van der Waals surface area contributed by atoms with Gasteiger partial charge in [0.1, 0.15) is 0 Å². The van der Waals surface area contributed by atoms with Crippen LogP contribution in [0.25, 0.3) is 0 Å². The Morgan fingerprint density at radius 3 is 2.32 bits per heavy atom.